The summed E-state index contributed by atoms with van der Waals surface area (Å²) in [5.41, 5.74) is -0.281. The van der Waals surface area contributed by atoms with E-state index in [4.69, 9.17) is 0 Å². The molecule has 0 atom stereocenters. The van der Waals surface area contributed by atoms with Gasteiger partial charge in [0, 0.05) is 11.4 Å². The molecular weight excluding hydrogens is 284 g/mol. The van der Waals surface area contributed by atoms with E-state index in [-0.39, 0.29) is 0 Å². The summed E-state index contributed by atoms with van der Waals surface area (Å²) in [4.78, 5) is 15.7. The van der Waals surface area contributed by atoms with E-state index in [9.17, 15) is 9.90 Å². The molecule has 1 aliphatic rings. The minimum absolute atomic E-state index is 0.491. The third kappa shape index (κ3) is 3.96. The summed E-state index contributed by atoms with van der Waals surface area (Å²) in [6.07, 6.45) is 7.61. The van der Waals surface area contributed by atoms with Crippen molar-refractivity contribution in [3.8, 4) is 0 Å². The van der Waals surface area contributed by atoms with Crippen molar-refractivity contribution in [2.24, 2.45) is 5.92 Å². The van der Waals surface area contributed by atoms with Crippen molar-refractivity contribution < 1.29 is 9.90 Å². The van der Waals surface area contributed by atoms with Gasteiger partial charge in [0.2, 0.25) is 0 Å². The fraction of sp³-hybridized carbons (Fsp3) is 0.750. The Hall–Kier alpha value is -1.10. The van der Waals surface area contributed by atoms with Crippen molar-refractivity contribution in [1.82, 2.24) is 4.98 Å². The summed E-state index contributed by atoms with van der Waals surface area (Å²) >= 11 is 1.51. The van der Waals surface area contributed by atoms with Gasteiger partial charge in [0.25, 0.3) is 0 Å². The Morgan fingerprint density at radius 2 is 2.10 bits per heavy atom. The van der Waals surface area contributed by atoms with Crippen LogP contribution in [0.15, 0.2) is 5.38 Å². The molecule has 1 saturated carbocycles. The summed E-state index contributed by atoms with van der Waals surface area (Å²) in [5.74, 6) is 0.0604. The van der Waals surface area contributed by atoms with Gasteiger partial charge in [-0.05, 0) is 45.4 Å². The van der Waals surface area contributed by atoms with Crippen molar-refractivity contribution >= 4 is 22.4 Å². The topological polar surface area (TPSA) is 62.2 Å². The molecule has 2 rings (SSSR count). The molecule has 2 N–H and O–H groups in total. The highest BCUT2D eigenvalue weighted by Gasteiger charge is 2.32. The molecule has 5 heteroatoms. The summed E-state index contributed by atoms with van der Waals surface area (Å²) in [5, 5.41) is 15.5. The van der Waals surface area contributed by atoms with Crippen molar-refractivity contribution in [1.29, 1.82) is 0 Å². The van der Waals surface area contributed by atoms with Crippen LogP contribution in [0.5, 0.6) is 0 Å². The fourth-order valence-electron chi connectivity index (χ4n) is 2.91. The number of hydrogen-bond donors (Lipinski definition) is 2. The number of nitrogens with one attached hydrogen (secondary N) is 1. The van der Waals surface area contributed by atoms with Crippen LogP contribution in [0.25, 0.3) is 0 Å². The Kier molecular flexibility index (Phi) is 5.25. The first-order valence-electron chi connectivity index (χ1n) is 7.89. The van der Waals surface area contributed by atoms with Crippen LogP contribution in [0.1, 0.15) is 65.0 Å². The third-order valence-electron chi connectivity index (χ3n) is 4.55. The summed E-state index contributed by atoms with van der Waals surface area (Å²) < 4.78 is 0. The van der Waals surface area contributed by atoms with Gasteiger partial charge in [-0.15, -0.1) is 11.3 Å². The number of aliphatic carboxylic acids is 1. The lowest BCUT2D eigenvalue weighted by molar-refractivity contribution is -0.142. The summed E-state index contributed by atoms with van der Waals surface area (Å²) in [6, 6.07) is 0.491. The molecule has 0 radical (unpaired) electrons. The van der Waals surface area contributed by atoms with Crippen molar-refractivity contribution in [3.05, 3.63) is 11.1 Å². The van der Waals surface area contributed by atoms with E-state index in [0.717, 1.165) is 11.0 Å². The van der Waals surface area contributed by atoms with Gasteiger partial charge in [0.1, 0.15) is 5.41 Å². The Bertz CT molecular complexity index is 476. The SMILES string of the molecule is CCCC1CCC(Nc2nc(C(C)(C)C(=O)O)cs2)CC1. The van der Waals surface area contributed by atoms with Crippen LogP contribution in [0.2, 0.25) is 0 Å². The second kappa shape index (κ2) is 6.77. The zero-order chi connectivity index (χ0) is 15.5. The highest BCUT2D eigenvalue weighted by Crippen LogP contribution is 2.32. The molecular formula is C16H26N2O2S. The molecule has 0 bridgehead atoms. The Morgan fingerprint density at radius 3 is 2.67 bits per heavy atom. The van der Waals surface area contributed by atoms with E-state index < -0.39 is 11.4 Å². The van der Waals surface area contributed by atoms with Crippen molar-refractivity contribution in [2.45, 2.75) is 70.8 Å². The highest BCUT2D eigenvalue weighted by atomic mass is 32.1. The molecule has 118 valence electrons. The van der Waals surface area contributed by atoms with E-state index in [1.54, 1.807) is 13.8 Å². The number of aromatic nitrogens is 1. The van der Waals surface area contributed by atoms with Crippen LogP contribution in [0.4, 0.5) is 5.13 Å². The monoisotopic (exact) mass is 310 g/mol. The number of thiazole rings is 1. The number of carboxylic acid groups (broad SMARTS) is 1. The van der Waals surface area contributed by atoms with E-state index in [1.807, 2.05) is 5.38 Å². The number of hydrogen-bond acceptors (Lipinski definition) is 4. The first kappa shape index (κ1) is 16.3. The van der Waals surface area contributed by atoms with Crippen LogP contribution >= 0.6 is 11.3 Å². The molecule has 4 nitrogen and oxygen atoms in total. The molecule has 0 unspecified atom stereocenters. The molecule has 1 aliphatic carbocycles. The second-order valence-electron chi connectivity index (χ2n) is 6.62. The predicted molar refractivity (Wildman–Crippen MR) is 87.1 cm³/mol. The number of carbonyl (C=O) groups is 1. The van der Waals surface area contributed by atoms with E-state index in [0.29, 0.717) is 11.7 Å². The molecule has 1 heterocycles. The van der Waals surface area contributed by atoms with Crippen LogP contribution in [0, 0.1) is 5.92 Å². The summed E-state index contributed by atoms with van der Waals surface area (Å²) in [7, 11) is 0. The summed E-state index contributed by atoms with van der Waals surface area (Å²) in [6.45, 7) is 5.65. The van der Waals surface area contributed by atoms with Gasteiger partial charge in [-0.1, -0.05) is 19.8 Å². The van der Waals surface area contributed by atoms with E-state index in [1.165, 1.54) is 49.9 Å². The largest absolute Gasteiger partial charge is 0.481 e. The van der Waals surface area contributed by atoms with Gasteiger partial charge in [0.15, 0.2) is 5.13 Å². The minimum atomic E-state index is -0.921. The molecule has 0 aliphatic heterocycles. The first-order valence-corrected chi connectivity index (χ1v) is 8.77. The number of nitrogens with zero attached hydrogens (tertiary/aromatic N) is 1. The average molecular weight is 310 g/mol. The van der Waals surface area contributed by atoms with Crippen LogP contribution < -0.4 is 5.32 Å². The lowest BCUT2D eigenvalue weighted by atomic mass is 9.83. The lowest BCUT2D eigenvalue weighted by Gasteiger charge is -2.28. The van der Waals surface area contributed by atoms with E-state index >= 15 is 0 Å². The maximum Gasteiger partial charge on any atom is 0.315 e. The average Bonchev–Trinajstić information content (AvgIpc) is 2.90. The van der Waals surface area contributed by atoms with Gasteiger partial charge in [-0.2, -0.15) is 0 Å². The van der Waals surface area contributed by atoms with Crippen LogP contribution in [-0.4, -0.2) is 22.1 Å². The molecule has 0 amide bonds. The normalized spacial score (nSPS) is 23.0. The van der Waals surface area contributed by atoms with Gasteiger partial charge >= 0.3 is 5.97 Å². The van der Waals surface area contributed by atoms with Crippen molar-refractivity contribution in [2.75, 3.05) is 5.32 Å². The predicted octanol–water partition coefficient (Wildman–Crippen LogP) is 4.28. The molecule has 21 heavy (non-hydrogen) atoms. The molecule has 0 spiro atoms. The number of carboxylic acids is 1. The minimum Gasteiger partial charge on any atom is -0.481 e. The molecule has 0 aromatic carbocycles. The zero-order valence-electron chi connectivity index (χ0n) is 13.2. The quantitative estimate of drug-likeness (QED) is 0.823. The second-order valence-corrected chi connectivity index (χ2v) is 7.48. The number of anilines is 1. The smallest absolute Gasteiger partial charge is 0.315 e. The number of rotatable bonds is 6. The molecule has 1 aromatic heterocycles. The van der Waals surface area contributed by atoms with Gasteiger partial charge in [-0.25, -0.2) is 4.98 Å². The van der Waals surface area contributed by atoms with Gasteiger partial charge in [-0.3, -0.25) is 4.79 Å². The van der Waals surface area contributed by atoms with Crippen LogP contribution in [-0.2, 0) is 10.2 Å². The highest BCUT2D eigenvalue weighted by molar-refractivity contribution is 7.13. The Labute approximate surface area is 131 Å². The lowest BCUT2D eigenvalue weighted by Crippen LogP contribution is -2.29. The standard InChI is InChI=1S/C16H26N2O2S/c1-4-5-11-6-8-12(9-7-11)17-15-18-13(10-21-15)16(2,3)14(19)20/h10-12H,4-9H2,1-3H3,(H,17,18)(H,19,20). The van der Waals surface area contributed by atoms with Crippen molar-refractivity contribution in [3.63, 3.8) is 0 Å². The molecule has 0 saturated heterocycles. The maximum absolute atomic E-state index is 11.3. The fourth-order valence-corrected chi connectivity index (χ4v) is 3.87. The van der Waals surface area contributed by atoms with Gasteiger partial charge in [0.05, 0.1) is 5.69 Å². The van der Waals surface area contributed by atoms with E-state index in [2.05, 4.69) is 17.2 Å². The maximum atomic E-state index is 11.3. The Morgan fingerprint density at radius 1 is 1.43 bits per heavy atom. The van der Waals surface area contributed by atoms with Crippen LogP contribution in [0.3, 0.4) is 0 Å². The van der Waals surface area contributed by atoms with Gasteiger partial charge < -0.3 is 10.4 Å². The Balaban J connectivity index is 1.91. The third-order valence-corrected chi connectivity index (χ3v) is 5.32. The first-order chi connectivity index (χ1) is 9.93. The molecule has 1 fully saturated rings. The molecule has 1 aromatic rings. The zero-order valence-corrected chi connectivity index (χ0v) is 14.0.